The lowest BCUT2D eigenvalue weighted by Gasteiger charge is -2.32. The number of fused-ring (bicyclic) bond motifs is 1. The molecule has 1 atom stereocenters. The van der Waals surface area contributed by atoms with Crippen molar-refractivity contribution in [2.24, 2.45) is 0 Å². The van der Waals surface area contributed by atoms with E-state index < -0.39 is 18.2 Å². The van der Waals surface area contributed by atoms with Gasteiger partial charge in [-0.05, 0) is 49.6 Å². The fourth-order valence-corrected chi connectivity index (χ4v) is 4.38. The minimum Gasteiger partial charge on any atom is -0.488 e. The zero-order valence-electron chi connectivity index (χ0n) is 19.4. The van der Waals surface area contributed by atoms with Crippen LogP contribution in [0.3, 0.4) is 0 Å². The molecule has 182 valence electrons. The Labute approximate surface area is 206 Å². The van der Waals surface area contributed by atoms with Crippen molar-refractivity contribution in [2.45, 2.75) is 39.0 Å². The molecular weight excluding hydrogens is 477 g/mol. The van der Waals surface area contributed by atoms with Crippen molar-refractivity contribution < 1.29 is 23.0 Å². The summed E-state index contributed by atoms with van der Waals surface area (Å²) in [5, 5.41) is 10.3. The predicted octanol–water partition coefficient (Wildman–Crippen LogP) is 6.96. The van der Waals surface area contributed by atoms with Crippen LogP contribution < -0.4 is 4.74 Å². The molecule has 0 saturated carbocycles. The molecule has 1 N–H and O–H groups in total. The number of aliphatic hydroxyl groups excluding tert-OH is 1. The molecule has 0 aliphatic carbocycles. The first-order valence-electron chi connectivity index (χ1n) is 11.0. The SMILES string of the molecule is Cc1cc(C(C)(CO)C(F)(F)F)c(Cl)cc1-c1cc(OCc2ccccc2)c2c(C)nccc2n1. The molecule has 8 heteroatoms. The molecule has 2 aromatic heterocycles. The maximum absolute atomic E-state index is 13.8. The highest BCUT2D eigenvalue weighted by Crippen LogP contribution is 2.45. The van der Waals surface area contributed by atoms with Gasteiger partial charge in [0.25, 0.3) is 0 Å². The van der Waals surface area contributed by atoms with E-state index in [1.165, 1.54) is 12.1 Å². The Morgan fingerprint density at radius 2 is 1.74 bits per heavy atom. The van der Waals surface area contributed by atoms with Gasteiger partial charge in [-0.2, -0.15) is 13.2 Å². The standard InChI is InChI=1S/C27H24ClF3N2O2/c1-16-11-20(26(3,15-34)27(29,30)31)21(28)12-19(16)23-13-24(35-14-18-7-5-4-6-8-18)25-17(2)32-10-9-22(25)33-23/h4-13,34H,14-15H2,1-3H3. The van der Waals surface area contributed by atoms with Crippen LogP contribution in [-0.2, 0) is 12.0 Å². The minimum absolute atomic E-state index is 0.0981. The number of nitrogens with zero attached hydrogens (tertiary/aromatic N) is 2. The van der Waals surface area contributed by atoms with Gasteiger partial charge in [0, 0.05) is 22.8 Å². The number of ether oxygens (including phenoxy) is 1. The first kappa shape index (κ1) is 24.9. The molecular formula is C27H24ClF3N2O2. The molecule has 0 saturated heterocycles. The van der Waals surface area contributed by atoms with Crippen LogP contribution in [0.1, 0.15) is 29.3 Å². The molecule has 0 amide bonds. The number of benzene rings is 2. The van der Waals surface area contributed by atoms with Crippen LogP contribution in [0.15, 0.2) is 60.8 Å². The summed E-state index contributed by atoms with van der Waals surface area (Å²) < 4.78 is 47.5. The van der Waals surface area contributed by atoms with Gasteiger partial charge in [0.2, 0.25) is 0 Å². The van der Waals surface area contributed by atoms with E-state index in [0.29, 0.717) is 34.7 Å². The smallest absolute Gasteiger partial charge is 0.400 e. The third kappa shape index (κ3) is 4.70. The lowest BCUT2D eigenvalue weighted by molar-refractivity contribution is -0.195. The number of rotatable bonds is 6. The number of halogens is 4. The van der Waals surface area contributed by atoms with Crippen LogP contribution in [0.5, 0.6) is 5.75 Å². The third-order valence-corrected chi connectivity index (χ3v) is 6.55. The quantitative estimate of drug-likeness (QED) is 0.311. The molecule has 2 aromatic carbocycles. The number of pyridine rings is 2. The summed E-state index contributed by atoms with van der Waals surface area (Å²) >= 11 is 6.36. The fourth-order valence-electron chi connectivity index (χ4n) is 4.00. The zero-order chi connectivity index (χ0) is 25.4. The van der Waals surface area contributed by atoms with E-state index in [0.717, 1.165) is 23.6 Å². The molecule has 4 nitrogen and oxygen atoms in total. The molecule has 0 fully saturated rings. The molecule has 0 radical (unpaired) electrons. The summed E-state index contributed by atoms with van der Waals surface area (Å²) in [6, 6.07) is 16.0. The van der Waals surface area contributed by atoms with Crippen LogP contribution in [-0.4, -0.2) is 27.9 Å². The van der Waals surface area contributed by atoms with Crippen molar-refractivity contribution in [3.8, 4) is 17.0 Å². The van der Waals surface area contributed by atoms with E-state index in [9.17, 15) is 18.3 Å². The first-order valence-corrected chi connectivity index (χ1v) is 11.3. The molecule has 35 heavy (non-hydrogen) atoms. The van der Waals surface area contributed by atoms with E-state index in [2.05, 4.69) is 4.98 Å². The Bertz CT molecular complexity index is 1380. The summed E-state index contributed by atoms with van der Waals surface area (Å²) in [6.07, 6.45) is -3.03. The Balaban J connectivity index is 1.83. The summed E-state index contributed by atoms with van der Waals surface area (Å²) in [7, 11) is 0. The van der Waals surface area contributed by atoms with Crippen LogP contribution >= 0.6 is 11.6 Å². The highest BCUT2D eigenvalue weighted by atomic mass is 35.5. The van der Waals surface area contributed by atoms with Crippen molar-refractivity contribution >= 4 is 22.5 Å². The van der Waals surface area contributed by atoms with Gasteiger partial charge < -0.3 is 9.84 Å². The lowest BCUT2D eigenvalue weighted by atomic mass is 9.81. The van der Waals surface area contributed by atoms with Gasteiger partial charge in [-0.15, -0.1) is 0 Å². The van der Waals surface area contributed by atoms with Crippen molar-refractivity contribution in [1.82, 2.24) is 9.97 Å². The Hall–Kier alpha value is -3.16. The molecule has 0 spiro atoms. The van der Waals surface area contributed by atoms with Gasteiger partial charge in [-0.3, -0.25) is 4.98 Å². The molecule has 0 aliphatic rings. The highest BCUT2D eigenvalue weighted by Gasteiger charge is 2.53. The Morgan fingerprint density at radius 1 is 1.03 bits per heavy atom. The van der Waals surface area contributed by atoms with E-state index in [-0.39, 0.29) is 10.6 Å². The third-order valence-electron chi connectivity index (χ3n) is 6.24. The highest BCUT2D eigenvalue weighted by molar-refractivity contribution is 6.31. The fraction of sp³-hybridized carbons (Fsp3) is 0.259. The maximum Gasteiger partial charge on any atom is 0.400 e. The van der Waals surface area contributed by atoms with Gasteiger partial charge in [-0.1, -0.05) is 48.0 Å². The topological polar surface area (TPSA) is 55.2 Å². The molecule has 2 heterocycles. The predicted molar refractivity (Wildman–Crippen MR) is 131 cm³/mol. The average molecular weight is 501 g/mol. The molecule has 1 unspecified atom stereocenters. The van der Waals surface area contributed by atoms with Crippen LogP contribution in [0, 0.1) is 13.8 Å². The second kappa shape index (κ2) is 9.47. The summed E-state index contributed by atoms with van der Waals surface area (Å²) in [4.78, 5) is 9.09. The zero-order valence-corrected chi connectivity index (χ0v) is 20.2. The van der Waals surface area contributed by atoms with Gasteiger partial charge in [-0.25, -0.2) is 4.98 Å². The van der Waals surface area contributed by atoms with E-state index in [1.54, 1.807) is 25.3 Å². The van der Waals surface area contributed by atoms with Crippen molar-refractivity contribution in [3.05, 3.63) is 88.2 Å². The Kier molecular flexibility index (Phi) is 6.75. The second-order valence-corrected chi connectivity index (χ2v) is 9.11. The number of alkyl halides is 3. The molecule has 4 aromatic rings. The number of hydrogen-bond acceptors (Lipinski definition) is 4. The maximum atomic E-state index is 13.8. The minimum atomic E-state index is -4.68. The molecule has 0 aliphatic heterocycles. The largest absolute Gasteiger partial charge is 0.488 e. The van der Waals surface area contributed by atoms with Gasteiger partial charge in [0.05, 0.1) is 28.9 Å². The summed E-state index contributed by atoms with van der Waals surface area (Å²) in [5.74, 6) is 0.564. The second-order valence-electron chi connectivity index (χ2n) is 8.71. The molecule has 0 bridgehead atoms. The normalized spacial score (nSPS) is 13.6. The van der Waals surface area contributed by atoms with Crippen molar-refractivity contribution in [3.63, 3.8) is 0 Å². The summed E-state index contributed by atoms with van der Waals surface area (Å²) in [5.41, 5.74) is 1.33. The average Bonchev–Trinajstić information content (AvgIpc) is 2.83. The molecule has 4 rings (SSSR count). The van der Waals surface area contributed by atoms with Crippen LogP contribution in [0.25, 0.3) is 22.2 Å². The first-order chi connectivity index (χ1) is 16.5. The lowest BCUT2D eigenvalue weighted by Crippen LogP contribution is -2.43. The van der Waals surface area contributed by atoms with Gasteiger partial charge in [0.1, 0.15) is 17.8 Å². The summed E-state index contributed by atoms with van der Waals surface area (Å²) in [6.45, 7) is 3.70. The van der Waals surface area contributed by atoms with Crippen LogP contribution in [0.4, 0.5) is 13.2 Å². The van der Waals surface area contributed by atoms with E-state index in [1.807, 2.05) is 37.3 Å². The Morgan fingerprint density at radius 3 is 2.40 bits per heavy atom. The van der Waals surface area contributed by atoms with E-state index in [4.69, 9.17) is 21.3 Å². The van der Waals surface area contributed by atoms with Crippen molar-refractivity contribution in [2.75, 3.05) is 6.61 Å². The van der Waals surface area contributed by atoms with Crippen molar-refractivity contribution in [1.29, 1.82) is 0 Å². The number of aliphatic hydroxyl groups is 1. The number of hydrogen-bond donors (Lipinski definition) is 1. The van der Waals surface area contributed by atoms with Gasteiger partial charge in [0.15, 0.2) is 0 Å². The van der Waals surface area contributed by atoms with Crippen LogP contribution in [0.2, 0.25) is 5.02 Å². The van der Waals surface area contributed by atoms with E-state index >= 15 is 0 Å². The number of aryl methyl sites for hydroxylation is 2. The number of aromatic nitrogens is 2. The van der Waals surface area contributed by atoms with Gasteiger partial charge >= 0.3 is 6.18 Å². The monoisotopic (exact) mass is 500 g/mol.